The second kappa shape index (κ2) is 7.79. The third kappa shape index (κ3) is 4.57. The van der Waals surface area contributed by atoms with Crippen molar-refractivity contribution in [2.45, 2.75) is 19.8 Å². The number of halogens is 1. The van der Waals surface area contributed by atoms with Gasteiger partial charge in [0.25, 0.3) is 5.91 Å². The quantitative estimate of drug-likeness (QED) is 0.880. The second-order valence-electron chi connectivity index (χ2n) is 5.24. The fraction of sp³-hybridized carbons (Fsp3) is 0.222. The van der Waals surface area contributed by atoms with Crippen LogP contribution >= 0.6 is 11.6 Å². The van der Waals surface area contributed by atoms with Gasteiger partial charge in [0.2, 0.25) is 5.91 Å². The summed E-state index contributed by atoms with van der Waals surface area (Å²) in [4.78, 5) is 23.9. The minimum absolute atomic E-state index is 0.0307. The predicted octanol–water partition coefficient (Wildman–Crippen LogP) is 3.58. The lowest BCUT2D eigenvalue weighted by molar-refractivity contribution is -0.120. The molecule has 2 aromatic rings. The molecule has 2 N–H and O–H groups in total. The lowest BCUT2D eigenvalue weighted by Gasteiger charge is -2.12. The van der Waals surface area contributed by atoms with E-state index in [1.54, 1.807) is 19.2 Å². The number of hydrogen-bond donors (Lipinski definition) is 2. The highest BCUT2D eigenvalue weighted by Gasteiger charge is 2.12. The smallest absolute Gasteiger partial charge is 0.255 e. The molecule has 0 heterocycles. The molecular weight excluding hydrogens is 312 g/mol. The van der Waals surface area contributed by atoms with Gasteiger partial charge >= 0.3 is 0 Å². The molecular formula is C18H19ClN2O2. The molecule has 120 valence electrons. The van der Waals surface area contributed by atoms with E-state index in [0.29, 0.717) is 29.1 Å². The van der Waals surface area contributed by atoms with Crippen LogP contribution in [0.3, 0.4) is 0 Å². The molecule has 0 bridgehead atoms. The third-order valence-electron chi connectivity index (χ3n) is 3.61. The average molecular weight is 331 g/mol. The average Bonchev–Trinajstić information content (AvgIpc) is 2.55. The number of aryl methyl sites for hydroxylation is 2. The van der Waals surface area contributed by atoms with E-state index in [1.807, 2.05) is 37.3 Å². The van der Waals surface area contributed by atoms with Crippen LogP contribution in [-0.4, -0.2) is 18.9 Å². The molecule has 0 saturated carbocycles. The van der Waals surface area contributed by atoms with E-state index in [9.17, 15) is 9.59 Å². The Hall–Kier alpha value is -2.33. The van der Waals surface area contributed by atoms with Crippen molar-refractivity contribution < 1.29 is 9.59 Å². The summed E-state index contributed by atoms with van der Waals surface area (Å²) in [5, 5.41) is 6.02. The Bertz CT molecular complexity index is 729. The van der Waals surface area contributed by atoms with Gasteiger partial charge in [0, 0.05) is 29.7 Å². The Labute approximate surface area is 140 Å². The SMILES string of the molecule is CNC(=O)CCc1ccccc1NC(=O)c1cc(Cl)ccc1C. The van der Waals surface area contributed by atoms with E-state index in [0.717, 1.165) is 11.1 Å². The molecule has 0 spiro atoms. The number of para-hydroxylation sites is 1. The second-order valence-corrected chi connectivity index (χ2v) is 5.68. The van der Waals surface area contributed by atoms with Crippen molar-refractivity contribution >= 4 is 29.1 Å². The molecule has 0 aliphatic carbocycles. The van der Waals surface area contributed by atoms with Gasteiger partial charge in [-0.1, -0.05) is 35.9 Å². The van der Waals surface area contributed by atoms with Gasteiger partial charge in [0.1, 0.15) is 0 Å². The Morgan fingerprint density at radius 3 is 2.61 bits per heavy atom. The van der Waals surface area contributed by atoms with Gasteiger partial charge in [-0.15, -0.1) is 0 Å². The lowest BCUT2D eigenvalue weighted by atomic mass is 10.1. The summed E-state index contributed by atoms with van der Waals surface area (Å²) >= 11 is 5.97. The van der Waals surface area contributed by atoms with Crippen LogP contribution in [0.4, 0.5) is 5.69 Å². The number of rotatable bonds is 5. The summed E-state index contributed by atoms with van der Waals surface area (Å²) in [7, 11) is 1.61. The van der Waals surface area contributed by atoms with E-state index in [1.165, 1.54) is 0 Å². The highest BCUT2D eigenvalue weighted by molar-refractivity contribution is 6.31. The van der Waals surface area contributed by atoms with Gasteiger partial charge in [0.15, 0.2) is 0 Å². The van der Waals surface area contributed by atoms with Crippen molar-refractivity contribution in [2.24, 2.45) is 0 Å². The summed E-state index contributed by atoms with van der Waals surface area (Å²) in [6.45, 7) is 1.86. The summed E-state index contributed by atoms with van der Waals surface area (Å²) in [6.07, 6.45) is 0.935. The molecule has 2 amide bonds. The Balaban J connectivity index is 2.18. The van der Waals surface area contributed by atoms with Crippen molar-refractivity contribution in [3.05, 3.63) is 64.2 Å². The van der Waals surface area contributed by atoms with Crippen LogP contribution in [0.5, 0.6) is 0 Å². The van der Waals surface area contributed by atoms with Crippen molar-refractivity contribution in [2.75, 3.05) is 12.4 Å². The normalized spacial score (nSPS) is 10.2. The fourth-order valence-electron chi connectivity index (χ4n) is 2.26. The van der Waals surface area contributed by atoms with E-state index >= 15 is 0 Å². The first-order valence-corrected chi connectivity index (χ1v) is 7.75. The minimum atomic E-state index is -0.211. The number of carbonyl (C=O) groups excluding carboxylic acids is 2. The van der Waals surface area contributed by atoms with E-state index < -0.39 is 0 Å². The first-order chi connectivity index (χ1) is 11.0. The molecule has 0 aromatic heterocycles. The Kier molecular flexibility index (Phi) is 5.77. The molecule has 0 aliphatic heterocycles. The van der Waals surface area contributed by atoms with Gasteiger partial charge in [-0.25, -0.2) is 0 Å². The van der Waals surface area contributed by atoms with Crippen LogP contribution in [-0.2, 0) is 11.2 Å². The number of anilines is 1. The zero-order chi connectivity index (χ0) is 16.8. The minimum Gasteiger partial charge on any atom is -0.359 e. The molecule has 2 aromatic carbocycles. The molecule has 0 aliphatic rings. The molecule has 4 nitrogen and oxygen atoms in total. The molecule has 2 rings (SSSR count). The van der Waals surface area contributed by atoms with Crippen molar-refractivity contribution in [1.82, 2.24) is 5.32 Å². The van der Waals surface area contributed by atoms with Crippen molar-refractivity contribution in [3.8, 4) is 0 Å². The number of hydrogen-bond acceptors (Lipinski definition) is 2. The van der Waals surface area contributed by atoms with Crippen LogP contribution in [0, 0.1) is 6.92 Å². The maximum absolute atomic E-state index is 12.5. The predicted molar refractivity (Wildman–Crippen MR) is 93.0 cm³/mol. The van der Waals surface area contributed by atoms with Crippen molar-refractivity contribution in [3.63, 3.8) is 0 Å². The highest BCUT2D eigenvalue weighted by atomic mass is 35.5. The zero-order valence-electron chi connectivity index (χ0n) is 13.2. The number of amides is 2. The Morgan fingerprint density at radius 1 is 1.13 bits per heavy atom. The molecule has 23 heavy (non-hydrogen) atoms. The summed E-state index contributed by atoms with van der Waals surface area (Å²) < 4.78 is 0. The summed E-state index contributed by atoms with van der Waals surface area (Å²) in [6, 6.07) is 12.7. The first-order valence-electron chi connectivity index (χ1n) is 7.37. The summed E-state index contributed by atoms with van der Waals surface area (Å²) in [5.41, 5.74) is 3.03. The van der Waals surface area contributed by atoms with Crippen molar-refractivity contribution in [1.29, 1.82) is 0 Å². The monoisotopic (exact) mass is 330 g/mol. The van der Waals surface area contributed by atoms with Gasteiger partial charge in [-0.05, 0) is 42.7 Å². The maximum Gasteiger partial charge on any atom is 0.255 e. The third-order valence-corrected chi connectivity index (χ3v) is 3.85. The molecule has 0 radical (unpaired) electrons. The number of carbonyl (C=O) groups is 2. The Morgan fingerprint density at radius 2 is 1.87 bits per heavy atom. The number of benzene rings is 2. The van der Waals surface area contributed by atoms with E-state index in [4.69, 9.17) is 11.6 Å². The van der Waals surface area contributed by atoms with Gasteiger partial charge in [0.05, 0.1) is 0 Å². The van der Waals surface area contributed by atoms with Gasteiger partial charge < -0.3 is 10.6 Å². The molecule has 5 heteroatoms. The molecule has 0 atom stereocenters. The van der Waals surface area contributed by atoms with Crippen LogP contribution < -0.4 is 10.6 Å². The topological polar surface area (TPSA) is 58.2 Å². The van der Waals surface area contributed by atoms with Gasteiger partial charge in [-0.2, -0.15) is 0 Å². The fourth-order valence-corrected chi connectivity index (χ4v) is 2.43. The molecule has 0 fully saturated rings. The standard InChI is InChI=1S/C18H19ClN2O2/c1-12-7-9-14(19)11-15(12)18(23)21-16-6-4-3-5-13(16)8-10-17(22)20-2/h3-7,9,11H,8,10H2,1-2H3,(H,20,22)(H,21,23). The molecule has 0 unspecified atom stereocenters. The zero-order valence-corrected chi connectivity index (χ0v) is 13.9. The largest absolute Gasteiger partial charge is 0.359 e. The lowest BCUT2D eigenvalue weighted by Crippen LogP contribution is -2.19. The van der Waals surface area contributed by atoms with Gasteiger partial charge in [-0.3, -0.25) is 9.59 Å². The summed E-state index contributed by atoms with van der Waals surface area (Å²) in [5.74, 6) is -0.241. The first kappa shape index (κ1) is 17.0. The highest BCUT2D eigenvalue weighted by Crippen LogP contribution is 2.20. The molecule has 0 saturated heterocycles. The van der Waals surface area contributed by atoms with Crippen LogP contribution in [0.15, 0.2) is 42.5 Å². The van der Waals surface area contributed by atoms with E-state index in [-0.39, 0.29) is 11.8 Å². The van der Waals surface area contributed by atoms with Crippen LogP contribution in [0.1, 0.15) is 27.9 Å². The van der Waals surface area contributed by atoms with Crippen LogP contribution in [0.2, 0.25) is 5.02 Å². The van der Waals surface area contributed by atoms with E-state index in [2.05, 4.69) is 10.6 Å². The number of nitrogens with one attached hydrogen (secondary N) is 2. The van der Waals surface area contributed by atoms with Crippen LogP contribution in [0.25, 0.3) is 0 Å². The maximum atomic E-state index is 12.5.